The van der Waals surface area contributed by atoms with E-state index in [2.05, 4.69) is 30.2 Å². The summed E-state index contributed by atoms with van der Waals surface area (Å²) in [6.45, 7) is 8.04. The fraction of sp³-hybridized carbons (Fsp3) is 0.235. The van der Waals surface area contributed by atoms with Gasteiger partial charge >= 0.3 is 5.97 Å². The maximum absolute atomic E-state index is 12.8. The Labute approximate surface area is 255 Å². The van der Waals surface area contributed by atoms with E-state index in [0.717, 1.165) is 33.5 Å². The molecular formula is C34H33N3O7. The minimum absolute atomic E-state index is 0.0729. The number of nitrogens with one attached hydrogen (secondary N) is 1. The van der Waals surface area contributed by atoms with Crippen molar-refractivity contribution in [3.05, 3.63) is 105 Å². The SMILES string of the molecule is COc1ccc([N+](=O)[O-])cc1OCc1c(-c2ccc(OC(=O)c3cccnc3C)cc2OC)ccc2c1C(C)=CC(C)(C)N2. The molecule has 1 aliphatic rings. The van der Waals surface area contributed by atoms with Crippen LogP contribution in [0.25, 0.3) is 16.7 Å². The van der Waals surface area contributed by atoms with Gasteiger partial charge in [0, 0.05) is 40.7 Å². The van der Waals surface area contributed by atoms with Gasteiger partial charge in [-0.1, -0.05) is 12.1 Å². The van der Waals surface area contributed by atoms with Crippen molar-refractivity contribution in [2.75, 3.05) is 19.5 Å². The third-order valence-corrected chi connectivity index (χ3v) is 7.37. The normalized spacial score (nSPS) is 13.2. The summed E-state index contributed by atoms with van der Waals surface area (Å²) in [5.41, 5.74) is 5.90. The molecule has 10 nitrogen and oxygen atoms in total. The third kappa shape index (κ3) is 6.05. The van der Waals surface area contributed by atoms with Gasteiger partial charge in [-0.2, -0.15) is 0 Å². The summed E-state index contributed by atoms with van der Waals surface area (Å²) in [5.74, 6) is 0.902. The van der Waals surface area contributed by atoms with Crippen molar-refractivity contribution >= 4 is 22.9 Å². The molecule has 0 fully saturated rings. The fourth-order valence-corrected chi connectivity index (χ4v) is 5.46. The lowest BCUT2D eigenvalue weighted by Crippen LogP contribution is -2.32. The highest BCUT2D eigenvalue weighted by molar-refractivity contribution is 5.92. The van der Waals surface area contributed by atoms with Crippen LogP contribution in [0.3, 0.4) is 0 Å². The number of esters is 1. The summed E-state index contributed by atoms with van der Waals surface area (Å²) in [5, 5.41) is 15.0. The molecule has 0 saturated heterocycles. The Morgan fingerprint density at radius 3 is 2.41 bits per heavy atom. The number of benzene rings is 3. The van der Waals surface area contributed by atoms with Gasteiger partial charge in [-0.3, -0.25) is 15.1 Å². The van der Waals surface area contributed by atoms with Crippen molar-refractivity contribution in [1.29, 1.82) is 0 Å². The summed E-state index contributed by atoms with van der Waals surface area (Å²) < 4.78 is 23.1. The zero-order valence-electron chi connectivity index (χ0n) is 25.4. The number of methoxy groups -OCH3 is 2. The van der Waals surface area contributed by atoms with Gasteiger partial charge in [-0.25, -0.2) is 4.79 Å². The first-order valence-corrected chi connectivity index (χ1v) is 13.9. The van der Waals surface area contributed by atoms with E-state index in [-0.39, 0.29) is 23.6 Å². The molecule has 1 N–H and O–H groups in total. The van der Waals surface area contributed by atoms with Crippen molar-refractivity contribution in [3.63, 3.8) is 0 Å². The number of carbonyl (C=O) groups excluding carboxylic acids is 1. The second kappa shape index (κ2) is 12.1. The van der Waals surface area contributed by atoms with Crippen LogP contribution < -0.4 is 24.3 Å². The average Bonchev–Trinajstić information content (AvgIpc) is 2.99. The summed E-state index contributed by atoms with van der Waals surface area (Å²) in [4.78, 5) is 28.0. The summed E-state index contributed by atoms with van der Waals surface area (Å²) >= 11 is 0. The third-order valence-electron chi connectivity index (χ3n) is 7.37. The van der Waals surface area contributed by atoms with E-state index < -0.39 is 10.9 Å². The molecule has 226 valence electrons. The Morgan fingerprint density at radius 1 is 0.955 bits per heavy atom. The first-order chi connectivity index (χ1) is 21.0. The van der Waals surface area contributed by atoms with E-state index in [9.17, 15) is 14.9 Å². The highest BCUT2D eigenvalue weighted by Crippen LogP contribution is 2.44. The Morgan fingerprint density at radius 2 is 1.70 bits per heavy atom. The number of aryl methyl sites for hydroxylation is 1. The Balaban J connectivity index is 1.57. The van der Waals surface area contributed by atoms with Gasteiger partial charge in [0.25, 0.3) is 5.69 Å². The molecule has 3 aromatic carbocycles. The molecule has 4 aromatic rings. The number of allylic oxidation sites excluding steroid dienone is 1. The number of nitro groups is 1. The number of ether oxygens (including phenoxy) is 4. The van der Waals surface area contributed by atoms with Crippen LogP contribution in [-0.2, 0) is 6.61 Å². The molecule has 0 saturated carbocycles. The van der Waals surface area contributed by atoms with E-state index >= 15 is 0 Å². The highest BCUT2D eigenvalue weighted by Gasteiger charge is 2.27. The van der Waals surface area contributed by atoms with Crippen LogP contribution in [0.15, 0.2) is 72.9 Å². The van der Waals surface area contributed by atoms with E-state index in [1.807, 2.05) is 25.1 Å². The molecule has 0 radical (unpaired) electrons. The average molecular weight is 596 g/mol. The largest absolute Gasteiger partial charge is 0.496 e. The van der Waals surface area contributed by atoms with Crippen LogP contribution in [0, 0.1) is 17.0 Å². The van der Waals surface area contributed by atoms with Gasteiger partial charge in [0.05, 0.1) is 42.0 Å². The maximum Gasteiger partial charge on any atom is 0.345 e. The first kappa shape index (κ1) is 30.1. The molecule has 1 aliphatic heterocycles. The molecule has 2 heterocycles. The van der Waals surface area contributed by atoms with Gasteiger partial charge in [0.15, 0.2) is 11.5 Å². The van der Waals surface area contributed by atoms with Gasteiger partial charge in [0.1, 0.15) is 18.1 Å². The van der Waals surface area contributed by atoms with Crippen LogP contribution in [0.5, 0.6) is 23.0 Å². The minimum atomic E-state index is -0.520. The second-order valence-corrected chi connectivity index (χ2v) is 11.0. The number of hydrogen-bond donors (Lipinski definition) is 1. The molecule has 5 rings (SSSR count). The number of non-ortho nitro benzene ring substituents is 1. The van der Waals surface area contributed by atoms with Gasteiger partial charge in [0.2, 0.25) is 0 Å². The summed E-state index contributed by atoms with van der Waals surface area (Å²) in [6, 6.07) is 16.8. The number of hydrogen-bond acceptors (Lipinski definition) is 9. The fourth-order valence-electron chi connectivity index (χ4n) is 5.46. The number of aromatic nitrogens is 1. The Hall–Kier alpha value is -5.38. The zero-order valence-corrected chi connectivity index (χ0v) is 25.4. The van der Waals surface area contributed by atoms with E-state index in [4.69, 9.17) is 18.9 Å². The molecule has 10 heteroatoms. The van der Waals surface area contributed by atoms with E-state index in [0.29, 0.717) is 28.5 Å². The van der Waals surface area contributed by atoms with Crippen LogP contribution in [0.2, 0.25) is 0 Å². The minimum Gasteiger partial charge on any atom is -0.496 e. The van der Waals surface area contributed by atoms with Crippen molar-refractivity contribution in [3.8, 4) is 34.1 Å². The van der Waals surface area contributed by atoms with Crippen LogP contribution in [-0.4, -0.2) is 35.6 Å². The summed E-state index contributed by atoms with van der Waals surface area (Å²) in [6.07, 6.45) is 3.77. The van der Waals surface area contributed by atoms with Gasteiger partial charge < -0.3 is 24.3 Å². The number of nitrogens with zero attached hydrogens (tertiary/aromatic N) is 2. The monoisotopic (exact) mass is 595 g/mol. The lowest BCUT2D eigenvalue weighted by Gasteiger charge is -2.33. The number of pyridine rings is 1. The quantitative estimate of drug-likeness (QED) is 0.0913. The Kier molecular flexibility index (Phi) is 8.26. The standard InChI is InChI=1S/C34H33N3O7/c1-20-18-34(3,4)36-28-13-12-25(27(32(20)28)19-43-31-16-22(37(39)40)9-14-29(31)41-5)26-11-10-23(17-30(26)42-6)44-33(38)24-8-7-15-35-21(24)2/h7-18,36H,19H2,1-6H3. The number of nitro benzene ring substituents is 1. The number of rotatable bonds is 9. The molecule has 0 spiro atoms. The molecule has 0 aliphatic carbocycles. The van der Waals surface area contributed by atoms with Gasteiger partial charge in [-0.15, -0.1) is 0 Å². The first-order valence-electron chi connectivity index (χ1n) is 13.9. The smallest absolute Gasteiger partial charge is 0.345 e. The Bertz CT molecular complexity index is 1800. The molecule has 0 unspecified atom stereocenters. The van der Waals surface area contributed by atoms with Crippen molar-refractivity contribution in [1.82, 2.24) is 4.98 Å². The topological polar surface area (TPSA) is 122 Å². The van der Waals surface area contributed by atoms with Crippen LogP contribution >= 0.6 is 0 Å². The van der Waals surface area contributed by atoms with Crippen LogP contribution in [0.4, 0.5) is 11.4 Å². The number of fused-ring (bicyclic) bond motifs is 1. The van der Waals surface area contributed by atoms with E-state index in [1.54, 1.807) is 44.5 Å². The molecule has 0 bridgehead atoms. The second-order valence-electron chi connectivity index (χ2n) is 11.0. The van der Waals surface area contributed by atoms with Crippen LogP contribution in [0.1, 0.15) is 48.0 Å². The molecular weight excluding hydrogens is 562 g/mol. The molecule has 1 aromatic heterocycles. The predicted molar refractivity (Wildman–Crippen MR) is 168 cm³/mol. The van der Waals surface area contributed by atoms with Crippen molar-refractivity contribution in [2.45, 2.75) is 39.8 Å². The van der Waals surface area contributed by atoms with Crippen molar-refractivity contribution < 1.29 is 28.7 Å². The summed E-state index contributed by atoms with van der Waals surface area (Å²) in [7, 11) is 3.03. The zero-order chi connectivity index (χ0) is 31.6. The number of anilines is 1. The van der Waals surface area contributed by atoms with Crippen molar-refractivity contribution in [2.24, 2.45) is 0 Å². The van der Waals surface area contributed by atoms with E-state index in [1.165, 1.54) is 25.3 Å². The predicted octanol–water partition coefficient (Wildman–Crippen LogP) is 7.39. The highest BCUT2D eigenvalue weighted by atomic mass is 16.6. The lowest BCUT2D eigenvalue weighted by atomic mass is 9.85. The molecule has 0 amide bonds. The molecule has 44 heavy (non-hydrogen) atoms. The number of carbonyl (C=O) groups is 1. The van der Waals surface area contributed by atoms with Gasteiger partial charge in [-0.05, 0) is 75.2 Å². The lowest BCUT2D eigenvalue weighted by molar-refractivity contribution is -0.385. The molecule has 0 atom stereocenters. The maximum atomic E-state index is 12.8.